The highest BCUT2D eigenvalue weighted by atomic mass is 16.5. The van der Waals surface area contributed by atoms with Crippen molar-refractivity contribution in [1.29, 1.82) is 0 Å². The van der Waals surface area contributed by atoms with E-state index in [1.54, 1.807) is 0 Å². The van der Waals surface area contributed by atoms with Crippen LogP contribution >= 0.6 is 0 Å². The van der Waals surface area contributed by atoms with Crippen LogP contribution in [0.1, 0.15) is 19.3 Å². The van der Waals surface area contributed by atoms with Gasteiger partial charge in [0.05, 0.1) is 12.7 Å². The first-order valence-electron chi connectivity index (χ1n) is 6.03. The second kappa shape index (κ2) is 5.80. The molecule has 0 aromatic rings. The topological polar surface area (TPSA) is 47.7 Å². The molecule has 0 spiro atoms. The molecule has 2 saturated heterocycles. The van der Waals surface area contributed by atoms with E-state index in [-0.39, 0.29) is 6.10 Å². The Bertz CT molecular complexity index is 181. The third-order valence-corrected chi connectivity index (χ3v) is 3.37. The predicted molar refractivity (Wildman–Crippen MR) is 58.8 cm³/mol. The zero-order valence-electron chi connectivity index (χ0n) is 9.36. The monoisotopic (exact) mass is 214 g/mol. The minimum Gasteiger partial charge on any atom is -0.381 e. The number of rotatable bonds is 2. The van der Waals surface area contributed by atoms with E-state index >= 15 is 0 Å². The van der Waals surface area contributed by atoms with Crippen molar-refractivity contribution in [2.24, 2.45) is 5.73 Å². The molecule has 4 nitrogen and oxygen atoms in total. The molecule has 0 radical (unpaired) electrons. The van der Waals surface area contributed by atoms with Crippen molar-refractivity contribution < 1.29 is 9.47 Å². The average Bonchev–Trinajstić information content (AvgIpc) is 2.58. The van der Waals surface area contributed by atoms with Crippen molar-refractivity contribution in [2.75, 3.05) is 39.5 Å². The third-order valence-electron chi connectivity index (χ3n) is 3.37. The van der Waals surface area contributed by atoms with Gasteiger partial charge in [-0.1, -0.05) is 0 Å². The van der Waals surface area contributed by atoms with Gasteiger partial charge < -0.3 is 15.2 Å². The van der Waals surface area contributed by atoms with Crippen molar-refractivity contribution in [2.45, 2.75) is 31.4 Å². The quantitative estimate of drug-likeness (QED) is 0.714. The van der Waals surface area contributed by atoms with E-state index in [9.17, 15) is 0 Å². The molecule has 15 heavy (non-hydrogen) atoms. The summed E-state index contributed by atoms with van der Waals surface area (Å²) in [5.74, 6) is 0. The minimum atomic E-state index is 0.239. The summed E-state index contributed by atoms with van der Waals surface area (Å²) in [7, 11) is 0. The fraction of sp³-hybridized carbons (Fsp3) is 1.00. The van der Waals surface area contributed by atoms with Gasteiger partial charge in [-0.2, -0.15) is 0 Å². The Balaban J connectivity index is 1.84. The molecule has 2 N–H and O–H groups in total. The first-order chi connectivity index (χ1) is 7.40. The van der Waals surface area contributed by atoms with Crippen LogP contribution in [0.4, 0.5) is 0 Å². The molecule has 2 unspecified atom stereocenters. The molecule has 0 aliphatic carbocycles. The lowest BCUT2D eigenvalue weighted by Crippen LogP contribution is -2.49. The summed E-state index contributed by atoms with van der Waals surface area (Å²) >= 11 is 0. The van der Waals surface area contributed by atoms with E-state index in [0.29, 0.717) is 12.6 Å². The van der Waals surface area contributed by atoms with Crippen LogP contribution < -0.4 is 5.73 Å². The standard InChI is InChI=1S/C11H22N2O2/c12-8-11-9-13(4-7-15-11)10-2-1-5-14-6-3-10/h10-11H,1-9,12H2. The summed E-state index contributed by atoms with van der Waals surface area (Å²) in [6, 6.07) is 0.686. The minimum absolute atomic E-state index is 0.239. The van der Waals surface area contributed by atoms with Gasteiger partial charge in [-0.25, -0.2) is 0 Å². The van der Waals surface area contributed by atoms with Crippen molar-refractivity contribution in [3.8, 4) is 0 Å². The first kappa shape index (κ1) is 11.3. The van der Waals surface area contributed by atoms with Gasteiger partial charge in [0.2, 0.25) is 0 Å². The van der Waals surface area contributed by atoms with Gasteiger partial charge in [0.15, 0.2) is 0 Å². The average molecular weight is 214 g/mol. The van der Waals surface area contributed by atoms with Crippen molar-refractivity contribution in [3.05, 3.63) is 0 Å². The molecule has 0 amide bonds. The maximum absolute atomic E-state index is 5.65. The molecule has 88 valence electrons. The fourth-order valence-electron chi connectivity index (χ4n) is 2.47. The summed E-state index contributed by atoms with van der Waals surface area (Å²) in [5, 5.41) is 0. The van der Waals surface area contributed by atoms with Crippen LogP contribution in [0.2, 0.25) is 0 Å². The third kappa shape index (κ3) is 3.14. The van der Waals surface area contributed by atoms with Crippen molar-refractivity contribution in [1.82, 2.24) is 4.90 Å². The fourth-order valence-corrected chi connectivity index (χ4v) is 2.47. The summed E-state index contributed by atoms with van der Waals surface area (Å²) in [6.07, 6.45) is 3.85. The Morgan fingerprint density at radius 1 is 1.20 bits per heavy atom. The molecular weight excluding hydrogens is 192 g/mol. The molecule has 4 heteroatoms. The van der Waals surface area contributed by atoms with Crippen molar-refractivity contribution >= 4 is 0 Å². The number of hydrogen-bond acceptors (Lipinski definition) is 4. The number of ether oxygens (including phenoxy) is 2. The van der Waals surface area contributed by atoms with Gasteiger partial charge in [0.1, 0.15) is 0 Å². The predicted octanol–water partition coefficient (Wildman–Crippen LogP) is 0.215. The number of morpholine rings is 1. The number of nitrogens with zero attached hydrogens (tertiary/aromatic N) is 1. The van der Waals surface area contributed by atoms with E-state index < -0.39 is 0 Å². The SMILES string of the molecule is NCC1CN(C2CCCOCC2)CCO1. The normalized spacial score (nSPS) is 35.0. The molecule has 0 bridgehead atoms. The van der Waals surface area contributed by atoms with Gasteiger partial charge in [-0.05, 0) is 19.3 Å². The summed E-state index contributed by atoms with van der Waals surface area (Å²) in [5.41, 5.74) is 5.65. The Morgan fingerprint density at radius 2 is 2.13 bits per heavy atom. The Hall–Kier alpha value is -0.160. The molecule has 2 aliphatic heterocycles. The largest absolute Gasteiger partial charge is 0.381 e. The first-order valence-corrected chi connectivity index (χ1v) is 6.03. The number of hydrogen-bond donors (Lipinski definition) is 1. The second-order valence-corrected chi connectivity index (χ2v) is 4.42. The van der Waals surface area contributed by atoms with Crippen LogP contribution in [-0.2, 0) is 9.47 Å². The van der Waals surface area contributed by atoms with Gasteiger partial charge in [0.25, 0.3) is 0 Å². The van der Waals surface area contributed by atoms with Crippen LogP contribution in [0.3, 0.4) is 0 Å². The highest BCUT2D eigenvalue weighted by Gasteiger charge is 2.26. The van der Waals surface area contributed by atoms with Crippen molar-refractivity contribution in [3.63, 3.8) is 0 Å². The lowest BCUT2D eigenvalue weighted by molar-refractivity contribution is -0.0409. The van der Waals surface area contributed by atoms with E-state index in [1.807, 2.05) is 0 Å². The molecule has 0 aromatic carbocycles. The smallest absolute Gasteiger partial charge is 0.0824 e. The van der Waals surface area contributed by atoms with Gasteiger partial charge in [0, 0.05) is 38.9 Å². The highest BCUT2D eigenvalue weighted by Crippen LogP contribution is 2.18. The van der Waals surface area contributed by atoms with Gasteiger partial charge in [-0.3, -0.25) is 4.90 Å². The molecule has 2 aliphatic rings. The van der Waals surface area contributed by atoms with Crippen LogP contribution in [0.5, 0.6) is 0 Å². The van der Waals surface area contributed by atoms with E-state index in [2.05, 4.69) is 4.90 Å². The lowest BCUT2D eigenvalue weighted by Gasteiger charge is -2.37. The molecule has 2 atom stereocenters. The van der Waals surface area contributed by atoms with E-state index in [4.69, 9.17) is 15.2 Å². The zero-order chi connectivity index (χ0) is 10.5. The molecule has 2 rings (SSSR count). The maximum Gasteiger partial charge on any atom is 0.0824 e. The Morgan fingerprint density at radius 3 is 3.00 bits per heavy atom. The van der Waals surface area contributed by atoms with Crippen LogP contribution in [0.15, 0.2) is 0 Å². The summed E-state index contributed by atoms with van der Waals surface area (Å²) in [6.45, 7) is 5.37. The highest BCUT2D eigenvalue weighted by molar-refractivity contribution is 4.79. The second-order valence-electron chi connectivity index (χ2n) is 4.42. The van der Waals surface area contributed by atoms with E-state index in [1.165, 1.54) is 12.8 Å². The lowest BCUT2D eigenvalue weighted by atomic mass is 10.1. The van der Waals surface area contributed by atoms with Crippen LogP contribution in [0, 0.1) is 0 Å². The van der Waals surface area contributed by atoms with Gasteiger partial charge in [-0.15, -0.1) is 0 Å². The zero-order valence-corrected chi connectivity index (χ0v) is 9.36. The molecular formula is C11H22N2O2. The molecule has 2 heterocycles. The summed E-state index contributed by atoms with van der Waals surface area (Å²) < 4.78 is 11.1. The maximum atomic E-state index is 5.65. The molecule has 2 fully saturated rings. The van der Waals surface area contributed by atoms with Gasteiger partial charge >= 0.3 is 0 Å². The Kier molecular flexibility index (Phi) is 4.38. The number of nitrogens with two attached hydrogens (primary N) is 1. The van der Waals surface area contributed by atoms with Crippen LogP contribution in [0.25, 0.3) is 0 Å². The summed E-state index contributed by atoms with van der Waals surface area (Å²) in [4.78, 5) is 2.54. The molecule has 0 aromatic heterocycles. The van der Waals surface area contributed by atoms with Crippen LogP contribution in [-0.4, -0.2) is 56.5 Å². The molecule has 0 saturated carbocycles. The Labute approximate surface area is 91.7 Å². The van der Waals surface area contributed by atoms with E-state index in [0.717, 1.165) is 39.3 Å².